The van der Waals surface area contributed by atoms with Crippen molar-refractivity contribution in [2.45, 2.75) is 75.9 Å². The number of piperidine rings is 1. The topological polar surface area (TPSA) is 92.2 Å². The summed E-state index contributed by atoms with van der Waals surface area (Å²) in [6.45, 7) is 9.79. The lowest BCUT2D eigenvalue weighted by atomic mass is 10.00. The molecular formula is C18H30N6O2S. The van der Waals surface area contributed by atoms with Crippen LogP contribution in [0.4, 0.5) is 10.7 Å². The molecule has 3 rings (SSSR count). The second-order valence-corrected chi connectivity index (χ2v) is 9.24. The minimum Gasteiger partial charge on any atom is -0.341 e. The number of aromatic nitrogens is 3. The van der Waals surface area contributed by atoms with Crippen molar-refractivity contribution in [2.24, 2.45) is 5.92 Å². The first-order chi connectivity index (χ1) is 12.8. The molecule has 8 nitrogen and oxygen atoms in total. The highest BCUT2D eigenvalue weighted by molar-refractivity contribution is 8.00. The van der Waals surface area contributed by atoms with Crippen molar-refractivity contribution in [3.05, 3.63) is 0 Å². The van der Waals surface area contributed by atoms with Gasteiger partial charge in [-0.05, 0) is 52.4 Å². The van der Waals surface area contributed by atoms with Crippen molar-refractivity contribution in [2.75, 3.05) is 18.0 Å². The van der Waals surface area contributed by atoms with Gasteiger partial charge in [-0.25, -0.2) is 4.79 Å². The highest BCUT2D eigenvalue weighted by Crippen LogP contribution is 2.42. The lowest BCUT2D eigenvalue weighted by Gasteiger charge is -2.31. The number of nitrogens with zero attached hydrogens (tertiary/aromatic N) is 4. The minimum absolute atomic E-state index is 0.0199. The smallest absolute Gasteiger partial charge is 0.321 e. The zero-order valence-corrected chi connectivity index (χ0v) is 17.4. The summed E-state index contributed by atoms with van der Waals surface area (Å²) in [5, 5.41) is 14.2. The highest BCUT2D eigenvalue weighted by atomic mass is 32.2. The van der Waals surface area contributed by atoms with Gasteiger partial charge >= 0.3 is 6.03 Å². The van der Waals surface area contributed by atoms with E-state index >= 15 is 0 Å². The van der Waals surface area contributed by atoms with E-state index in [0.29, 0.717) is 6.04 Å². The lowest BCUT2D eigenvalue weighted by molar-refractivity contribution is -0.119. The van der Waals surface area contributed by atoms with E-state index in [1.807, 2.05) is 13.8 Å². The number of nitrogens with one attached hydrogen (secondary N) is 2. The van der Waals surface area contributed by atoms with Crippen molar-refractivity contribution < 1.29 is 9.59 Å². The Labute approximate surface area is 164 Å². The number of hydrogen-bond donors (Lipinski definition) is 2. The first-order valence-electron chi connectivity index (χ1n) is 9.83. The van der Waals surface area contributed by atoms with Crippen molar-refractivity contribution in [1.29, 1.82) is 0 Å². The molecule has 1 aromatic rings. The first-order valence-corrected chi connectivity index (χ1v) is 10.7. The number of amides is 3. The van der Waals surface area contributed by atoms with Crippen LogP contribution in [-0.2, 0) is 4.79 Å². The molecule has 1 aliphatic carbocycles. The van der Waals surface area contributed by atoms with Gasteiger partial charge in [0.25, 0.3) is 0 Å². The minimum atomic E-state index is -0.464. The number of anilines is 1. The average molecular weight is 395 g/mol. The van der Waals surface area contributed by atoms with Crippen LogP contribution in [0.3, 0.4) is 0 Å². The molecule has 0 spiro atoms. The molecule has 3 amide bonds. The summed E-state index contributed by atoms with van der Waals surface area (Å²) in [6, 6.07) is -0.0564. The Morgan fingerprint density at radius 1 is 1.11 bits per heavy atom. The van der Waals surface area contributed by atoms with E-state index in [9.17, 15) is 9.59 Å². The summed E-state index contributed by atoms with van der Waals surface area (Å²) in [7, 11) is 0. The van der Waals surface area contributed by atoms with Crippen molar-refractivity contribution in [3.8, 4) is 0 Å². The van der Waals surface area contributed by atoms with Gasteiger partial charge in [-0.3, -0.25) is 14.7 Å². The van der Waals surface area contributed by atoms with Crippen LogP contribution in [0.25, 0.3) is 0 Å². The van der Waals surface area contributed by atoms with Crippen LogP contribution in [0.2, 0.25) is 0 Å². The van der Waals surface area contributed by atoms with Crippen LogP contribution < -0.4 is 15.5 Å². The Kier molecular flexibility index (Phi) is 6.29. The number of urea groups is 1. The van der Waals surface area contributed by atoms with E-state index in [4.69, 9.17) is 0 Å². The number of carbonyl (C=O) groups excluding carboxylic acids is 2. The van der Waals surface area contributed by atoms with Gasteiger partial charge in [0, 0.05) is 25.2 Å². The van der Waals surface area contributed by atoms with Gasteiger partial charge in [-0.1, -0.05) is 18.7 Å². The largest absolute Gasteiger partial charge is 0.341 e. The Morgan fingerprint density at radius 3 is 2.37 bits per heavy atom. The molecule has 1 saturated carbocycles. The maximum Gasteiger partial charge on any atom is 0.321 e. The predicted molar refractivity (Wildman–Crippen MR) is 106 cm³/mol. The maximum absolute atomic E-state index is 12.3. The molecule has 0 bridgehead atoms. The fraction of sp³-hybridized carbons (Fsp3) is 0.778. The molecule has 27 heavy (non-hydrogen) atoms. The van der Waals surface area contributed by atoms with Crippen LogP contribution >= 0.6 is 11.8 Å². The van der Waals surface area contributed by atoms with Crippen LogP contribution in [0.5, 0.6) is 0 Å². The van der Waals surface area contributed by atoms with Gasteiger partial charge in [0.05, 0.1) is 5.25 Å². The quantitative estimate of drug-likeness (QED) is 0.721. The SMILES string of the molecule is CC1CCN(c2nnc(S[C@H](C)C(=O)NC(=O)NC(C)C)n2C2CC2)CC1. The molecule has 0 aromatic carbocycles. The molecule has 2 fully saturated rings. The van der Waals surface area contributed by atoms with Crippen LogP contribution in [-0.4, -0.2) is 51.1 Å². The zero-order chi connectivity index (χ0) is 19.6. The van der Waals surface area contributed by atoms with E-state index < -0.39 is 11.3 Å². The van der Waals surface area contributed by atoms with Crippen LogP contribution in [0.15, 0.2) is 5.16 Å². The van der Waals surface area contributed by atoms with E-state index in [0.717, 1.165) is 43.0 Å². The molecule has 150 valence electrons. The van der Waals surface area contributed by atoms with Gasteiger partial charge in [-0.15, -0.1) is 10.2 Å². The van der Waals surface area contributed by atoms with E-state index in [1.165, 1.54) is 24.6 Å². The summed E-state index contributed by atoms with van der Waals surface area (Å²) in [4.78, 5) is 26.4. The fourth-order valence-electron chi connectivity index (χ4n) is 3.15. The number of carbonyl (C=O) groups is 2. The van der Waals surface area contributed by atoms with Crippen molar-refractivity contribution in [1.82, 2.24) is 25.4 Å². The molecule has 1 atom stereocenters. The average Bonchev–Trinajstić information content (AvgIpc) is 3.35. The molecule has 0 radical (unpaired) electrons. The van der Waals surface area contributed by atoms with Crippen molar-refractivity contribution >= 4 is 29.6 Å². The highest BCUT2D eigenvalue weighted by Gasteiger charge is 2.33. The van der Waals surface area contributed by atoms with Gasteiger partial charge in [-0.2, -0.15) is 0 Å². The van der Waals surface area contributed by atoms with Gasteiger partial charge in [0.2, 0.25) is 11.9 Å². The Morgan fingerprint density at radius 2 is 1.78 bits per heavy atom. The first kappa shape index (κ1) is 20.0. The number of rotatable bonds is 6. The molecular weight excluding hydrogens is 364 g/mol. The van der Waals surface area contributed by atoms with Gasteiger partial charge in [0.1, 0.15) is 0 Å². The fourth-order valence-corrected chi connectivity index (χ4v) is 4.06. The van der Waals surface area contributed by atoms with Crippen LogP contribution in [0, 0.1) is 5.92 Å². The van der Waals surface area contributed by atoms with E-state index in [-0.39, 0.29) is 11.9 Å². The Bertz CT molecular complexity index is 679. The Hall–Kier alpha value is -1.77. The number of imide groups is 1. The van der Waals surface area contributed by atoms with Gasteiger partial charge < -0.3 is 10.2 Å². The third-order valence-electron chi connectivity index (χ3n) is 4.93. The van der Waals surface area contributed by atoms with Crippen LogP contribution in [0.1, 0.15) is 59.4 Å². The molecule has 9 heteroatoms. The molecule has 1 aromatic heterocycles. The van der Waals surface area contributed by atoms with E-state index in [1.54, 1.807) is 6.92 Å². The second kappa shape index (κ2) is 8.50. The molecule has 2 N–H and O–H groups in total. The van der Waals surface area contributed by atoms with E-state index in [2.05, 4.69) is 37.2 Å². The van der Waals surface area contributed by atoms with Gasteiger partial charge in [0.15, 0.2) is 5.16 Å². The normalized spacial score (nSPS) is 19.2. The summed E-state index contributed by atoms with van der Waals surface area (Å²) < 4.78 is 2.19. The summed E-state index contributed by atoms with van der Waals surface area (Å²) in [5.41, 5.74) is 0. The third kappa shape index (κ3) is 5.15. The summed E-state index contributed by atoms with van der Waals surface area (Å²) in [6.07, 6.45) is 4.59. The Balaban J connectivity index is 1.66. The predicted octanol–water partition coefficient (Wildman–Crippen LogP) is 2.56. The molecule has 0 unspecified atom stereocenters. The standard InChI is InChI=1S/C18H30N6O2S/c1-11(2)19-16(26)20-15(25)13(4)27-18-22-21-17(24(18)14-5-6-14)23-9-7-12(3)8-10-23/h11-14H,5-10H2,1-4H3,(H2,19,20,25,26)/t13-/m1/s1. The monoisotopic (exact) mass is 394 g/mol. The zero-order valence-electron chi connectivity index (χ0n) is 16.6. The lowest BCUT2D eigenvalue weighted by Crippen LogP contribution is -2.45. The molecule has 1 saturated heterocycles. The third-order valence-corrected chi connectivity index (χ3v) is 5.99. The second-order valence-electron chi connectivity index (χ2n) is 7.93. The molecule has 1 aliphatic heterocycles. The number of thioether (sulfide) groups is 1. The summed E-state index contributed by atoms with van der Waals surface area (Å²) >= 11 is 1.36. The van der Waals surface area contributed by atoms with Crippen molar-refractivity contribution in [3.63, 3.8) is 0 Å². The maximum atomic E-state index is 12.3. The molecule has 2 aliphatic rings. The summed E-state index contributed by atoms with van der Waals surface area (Å²) in [5.74, 6) is 1.36. The number of hydrogen-bond acceptors (Lipinski definition) is 6. The molecule has 2 heterocycles.